The Morgan fingerprint density at radius 3 is 2.71 bits per heavy atom. The highest BCUT2D eigenvalue weighted by molar-refractivity contribution is 14.1. The number of halogens is 1. The number of hydrogen-bond donors (Lipinski definition) is 1. The molecule has 0 saturated heterocycles. The van der Waals surface area contributed by atoms with Gasteiger partial charge in [-0.05, 0) is 59.5 Å². The fourth-order valence-corrected chi connectivity index (χ4v) is 3.07. The summed E-state index contributed by atoms with van der Waals surface area (Å²) in [6.45, 7) is 0.483. The molecule has 0 aromatic heterocycles. The molecule has 0 spiro atoms. The van der Waals surface area contributed by atoms with Crippen molar-refractivity contribution in [2.75, 3.05) is 13.2 Å². The SMILES string of the molecule is O=C(COC(=O)c1cccc(I)c1)NCC1CCCCC1. The molecule has 4 nitrogen and oxygen atoms in total. The Morgan fingerprint density at radius 1 is 1.24 bits per heavy atom. The quantitative estimate of drug-likeness (QED) is 0.609. The molecule has 1 aromatic carbocycles. The van der Waals surface area contributed by atoms with Gasteiger partial charge in [0.05, 0.1) is 5.56 Å². The minimum absolute atomic E-state index is 0.211. The van der Waals surface area contributed by atoms with E-state index < -0.39 is 5.97 Å². The Bertz CT molecular complexity index is 498. The van der Waals surface area contributed by atoms with Gasteiger partial charge in [-0.25, -0.2) is 4.79 Å². The first-order valence-electron chi connectivity index (χ1n) is 7.34. The summed E-state index contributed by atoms with van der Waals surface area (Å²) in [6.07, 6.45) is 6.17. The van der Waals surface area contributed by atoms with E-state index in [9.17, 15) is 9.59 Å². The molecular formula is C16H20INO3. The molecule has 1 amide bonds. The second-order valence-electron chi connectivity index (χ2n) is 5.39. The largest absolute Gasteiger partial charge is 0.452 e. The highest BCUT2D eigenvalue weighted by Crippen LogP contribution is 2.22. The average molecular weight is 401 g/mol. The van der Waals surface area contributed by atoms with Crippen LogP contribution in [0.25, 0.3) is 0 Å². The first-order valence-corrected chi connectivity index (χ1v) is 8.42. The summed E-state index contributed by atoms with van der Waals surface area (Å²) in [4.78, 5) is 23.5. The van der Waals surface area contributed by atoms with E-state index in [-0.39, 0.29) is 12.5 Å². The zero-order valence-corrected chi connectivity index (χ0v) is 14.1. The smallest absolute Gasteiger partial charge is 0.338 e. The highest BCUT2D eigenvalue weighted by atomic mass is 127. The number of carbonyl (C=O) groups is 2. The molecule has 1 N–H and O–H groups in total. The fraction of sp³-hybridized carbons (Fsp3) is 0.500. The molecule has 0 radical (unpaired) electrons. The predicted octanol–water partition coefficient (Wildman–Crippen LogP) is 3.14. The Hall–Kier alpha value is -1.11. The van der Waals surface area contributed by atoms with Gasteiger partial charge >= 0.3 is 5.97 Å². The lowest BCUT2D eigenvalue weighted by Gasteiger charge is -2.21. The standard InChI is InChI=1S/C16H20INO3/c17-14-8-4-7-13(9-14)16(20)21-11-15(19)18-10-12-5-2-1-3-6-12/h4,7-9,12H,1-3,5-6,10-11H2,(H,18,19). The van der Waals surface area contributed by atoms with Gasteiger partial charge in [-0.1, -0.05) is 25.3 Å². The summed E-state index contributed by atoms with van der Waals surface area (Å²) < 4.78 is 5.99. The maximum atomic E-state index is 11.8. The number of nitrogens with one attached hydrogen (secondary N) is 1. The molecule has 1 aromatic rings. The first kappa shape index (κ1) is 16.3. The van der Waals surface area contributed by atoms with Gasteiger partial charge in [0.1, 0.15) is 0 Å². The monoisotopic (exact) mass is 401 g/mol. The molecule has 0 atom stereocenters. The van der Waals surface area contributed by atoms with Crippen molar-refractivity contribution < 1.29 is 14.3 Å². The maximum absolute atomic E-state index is 11.8. The third-order valence-corrected chi connectivity index (χ3v) is 4.38. The van der Waals surface area contributed by atoms with Gasteiger partial charge in [-0.3, -0.25) is 4.79 Å². The lowest BCUT2D eigenvalue weighted by atomic mass is 9.89. The molecule has 1 saturated carbocycles. The summed E-state index contributed by atoms with van der Waals surface area (Å²) >= 11 is 2.13. The van der Waals surface area contributed by atoms with Crippen molar-refractivity contribution in [3.63, 3.8) is 0 Å². The molecule has 5 heteroatoms. The number of amides is 1. The second-order valence-corrected chi connectivity index (χ2v) is 6.64. The summed E-state index contributed by atoms with van der Waals surface area (Å²) in [5.74, 6) is -0.102. The van der Waals surface area contributed by atoms with Crippen LogP contribution in [0.4, 0.5) is 0 Å². The van der Waals surface area contributed by atoms with Crippen LogP contribution in [0.1, 0.15) is 42.5 Å². The van der Waals surface area contributed by atoms with Gasteiger partial charge in [0.25, 0.3) is 5.91 Å². The van der Waals surface area contributed by atoms with Gasteiger partial charge in [-0.15, -0.1) is 0 Å². The topological polar surface area (TPSA) is 55.4 Å². The lowest BCUT2D eigenvalue weighted by Crippen LogP contribution is -2.33. The number of benzene rings is 1. The van der Waals surface area contributed by atoms with Crippen LogP contribution in [0.5, 0.6) is 0 Å². The zero-order chi connectivity index (χ0) is 15.1. The maximum Gasteiger partial charge on any atom is 0.338 e. The van der Waals surface area contributed by atoms with Crippen molar-refractivity contribution in [1.82, 2.24) is 5.32 Å². The van der Waals surface area contributed by atoms with Crippen LogP contribution in [0.15, 0.2) is 24.3 Å². The van der Waals surface area contributed by atoms with E-state index in [1.807, 2.05) is 6.07 Å². The van der Waals surface area contributed by atoms with Crippen LogP contribution in [0, 0.1) is 9.49 Å². The highest BCUT2D eigenvalue weighted by Gasteiger charge is 2.15. The summed E-state index contributed by atoms with van der Waals surface area (Å²) in [6, 6.07) is 7.11. The van der Waals surface area contributed by atoms with Gasteiger partial charge in [0.15, 0.2) is 6.61 Å². The van der Waals surface area contributed by atoms with Gasteiger partial charge in [0, 0.05) is 10.1 Å². The van der Waals surface area contributed by atoms with Crippen LogP contribution < -0.4 is 5.32 Å². The van der Waals surface area contributed by atoms with Gasteiger partial charge < -0.3 is 10.1 Å². The first-order chi connectivity index (χ1) is 10.1. The van der Waals surface area contributed by atoms with Gasteiger partial charge in [-0.2, -0.15) is 0 Å². The minimum atomic E-state index is -0.457. The molecule has 0 bridgehead atoms. The van der Waals surface area contributed by atoms with Crippen molar-refractivity contribution in [2.45, 2.75) is 32.1 Å². The Labute approximate surface area is 138 Å². The summed E-state index contributed by atoms with van der Waals surface area (Å²) in [5.41, 5.74) is 0.474. The third kappa shape index (κ3) is 5.65. The van der Waals surface area contributed by atoms with E-state index in [0.717, 1.165) is 3.57 Å². The van der Waals surface area contributed by atoms with E-state index >= 15 is 0 Å². The Morgan fingerprint density at radius 2 is 2.00 bits per heavy atom. The second kappa shape index (κ2) is 8.36. The van der Waals surface area contributed by atoms with E-state index in [2.05, 4.69) is 27.9 Å². The number of hydrogen-bond acceptors (Lipinski definition) is 3. The Kier molecular flexibility index (Phi) is 6.48. The van der Waals surface area contributed by atoms with E-state index in [1.165, 1.54) is 32.1 Å². The van der Waals surface area contributed by atoms with Crippen molar-refractivity contribution >= 4 is 34.5 Å². The average Bonchev–Trinajstić information content (AvgIpc) is 2.51. The number of carbonyl (C=O) groups excluding carboxylic acids is 2. The zero-order valence-electron chi connectivity index (χ0n) is 11.9. The minimum Gasteiger partial charge on any atom is -0.452 e. The Balaban J connectivity index is 1.69. The molecule has 1 aliphatic rings. The summed E-state index contributed by atoms with van der Waals surface area (Å²) in [7, 11) is 0. The molecule has 0 unspecified atom stereocenters. The van der Waals surface area contributed by atoms with Gasteiger partial charge in [0.2, 0.25) is 0 Å². The lowest BCUT2D eigenvalue weighted by molar-refractivity contribution is -0.124. The van der Waals surface area contributed by atoms with Crippen LogP contribution in [0.2, 0.25) is 0 Å². The van der Waals surface area contributed by atoms with E-state index in [0.29, 0.717) is 18.0 Å². The molecule has 1 fully saturated rings. The summed E-state index contributed by atoms with van der Waals surface area (Å²) in [5, 5.41) is 2.85. The molecule has 21 heavy (non-hydrogen) atoms. The molecule has 0 heterocycles. The van der Waals surface area contributed by atoms with Crippen molar-refractivity contribution in [1.29, 1.82) is 0 Å². The van der Waals surface area contributed by atoms with Crippen LogP contribution in [0.3, 0.4) is 0 Å². The molecule has 1 aliphatic carbocycles. The van der Waals surface area contributed by atoms with Crippen LogP contribution in [-0.2, 0) is 9.53 Å². The van der Waals surface area contributed by atoms with Crippen molar-refractivity contribution in [3.05, 3.63) is 33.4 Å². The predicted molar refractivity (Wildman–Crippen MR) is 89.0 cm³/mol. The molecule has 114 valence electrons. The number of esters is 1. The van der Waals surface area contributed by atoms with E-state index in [4.69, 9.17) is 4.74 Å². The molecule has 0 aliphatic heterocycles. The third-order valence-electron chi connectivity index (χ3n) is 3.71. The number of ether oxygens (including phenoxy) is 1. The van der Waals surface area contributed by atoms with Crippen LogP contribution in [-0.4, -0.2) is 25.0 Å². The van der Waals surface area contributed by atoms with Crippen molar-refractivity contribution in [3.8, 4) is 0 Å². The van der Waals surface area contributed by atoms with Crippen molar-refractivity contribution in [2.24, 2.45) is 5.92 Å². The normalized spacial score (nSPS) is 15.5. The fourth-order valence-electron chi connectivity index (χ4n) is 2.53. The number of rotatable bonds is 5. The molecule has 2 rings (SSSR count). The van der Waals surface area contributed by atoms with E-state index in [1.54, 1.807) is 18.2 Å². The van der Waals surface area contributed by atoms with Crippen LogP contribution >= 0.6 is 22.6 Å². The molecular weight excluding hydrogens is 381 g/mol.